The number of benzene rings is 1. The molecule has 2 rings (SSSR count). The Labute approximate surface area is 126 Å². The monoisotopic (exact) mass is 289 g/mol. The second kappa shape index (κ2) is 6.85. The highest BCUT2D eigenvalue weighted by Crippen LogP contribution is 2.27. The first kappa shape index (κ1) is 15.7. The third-order valence-electron chi connectivity index (χ3n) is 3.57. The molecular weight excluding hydrogens is 265 g/mol. The van der Waals surface area contributed by atoms with Gasteiger partial charge in [0.2, 0.25) is 0 Å². The van der Waals surface area contributed by atoms with Crippen molar-refractivity contribution in [2.24, 2.45) is 0 Å². The van der Waals surface area contributed by atoms with E-state index >= 15 is 0 Å². The number of hydrogen-bond acceptors (Lipinski definition) is 2. The average Bonchev–Trinajstić information content (AvgIpc) is 2.80. The van der Waals surface area contributed by atoms with Crippen molar-refractivity contribution in [2.45, 2.75) is 53.2 Å². The predicted octanol–water partition coefficient (Wildman–Crippen LogP) is 3.91. The van der Waals surface area contributed by atoms with Crippen LogP contribution in [0.15, 0.2) is 24.4 Å². The molecule has 0 spiro atoms. The third-order valence-corrected chi connectivity index (χ3v) is 3.57. The predicted molar refractivity (Wildman–Crippen MR) is 84.6 cm³/mol. The Bertz CT molecular complexity index is 602. The minimum atomic E-state index is -0.192. The van der Waals surface area contributed by atoms with Crippen LogP contribution in [0.2, 0.25) is 0 Å². The molecule has 0 aliphatic rings. The third kappa shape index (κ3) is 3.70. The van der Waals surface area contributed by atoms with Crippen LogP contribution < -0.4 is 5.32 Å². The van der Waals surface area contributed by atoms with Crippen molar-refractivity contribution < 1.29 is 4.39 Å². The van der Waals surface area contributed by atoms with Gasteiger partial charge in [-0.2, -0.15) is 5.10 Å². The van der Waals surface area contributed by atoms with E-state index in [9.17, 15) is 4.39 Å². The van der Waals surface area contributed by atoms with E-state index in [1.165, 1.54) is 0 Å². The standard InChI is InChI=1S/C17H24FN3/c1-5-8-21-13(4)16(11-20-21)15-9-14(6-7-17(15)18)10-19-12(2)3/h6-7,9,11-12,19H,5,8,10H2,1-4H3. The molecule has 0 saturated carbocycles. The van der Waals surface area contributed by atoms with Crippen molar-refractivity contribution in [3.8, 4) is 11.1 Å². The van der Waals surface area contributed by atoms with Gasteiger partial charge in [0.1, 0.15) is 5.82 Å². The Morgan fingerprint density at radius 2 is 2.05 bits per heavy atom. The molecule has 0 fully saturated rings. The van der Waals surface area contributed by atoms with Crippen LogP contribution in [-0.4, -0.2) is 15.8 Å². The number of aromatic nitrogens is 2. The van der Waals surface area contributed by atoms with Gasteiger partial charge < -0.3 is 5.32 Å². The highest BCUT2D eigenvalue weighted by molar-refractivity contribution is 5.66. The molecule has 0 aliphatic carbocycles. The van der Waals surface area contributed by atoms with E-state index < -0.39 is 0 Å². The zero-order chi connectivity index (χ0) is 15.4. The topological polar surface area (TPSA) is 29.9 Å². The van der Waals surface area contributed by atoms with Crippen molar-refractivity contribution in [1.29, 1.82) is 0 Å². The largest absolute Gasteiger partial charge is 0.310 e. The maximum atomic E-state index is 14.2. The summed E-state index contributed by atoms with van der Waals surface area (Å²) in [5.41, 5.74) is 3.62. The van der Waals surface area contributed by atoms with Gasteiger partial charge in [-0.3, -0.25) is 4.68 Å². The van der Waals surface area contributed by atoms with Crippen LogP contribution in [0.1, 0.15) is 38.4 Å². The lowest BCUT2D eigenvalue weighted by Gasteiger charge is -2.10. The van der Waals surface area contributed by atoms with Crippen molar-refractivity contribution in [3.05, 3.63) is 41.5 Å². The lowest BCUT2D eigenvalue weighted by atomic mass is 10.0. The molecule has 0 unspecified atom stereocenters. The maximum absolute atomic E-state index is 14.2. The Morgan fingerprint density at radius 3 is 2.71 bits per heavy atom. The molecule has 1 heterocycles. The second-order valence-electron chi connectivity index (χ2n) is 5.72. The first-order valence-corrected chi connectivity index (χ1v) is 7.57. The van der Waals surface area contributed by atoms with Crippen molar-refractivity contribution in [2.75, 3.05) is 0 Å². The lowest BCUT2D eigenvalue weighted by Crippen LogP contribution is -2.21. The summed E-state index contributed by atoms with van der Waals surface area (Å²) in [5.74, 6) is -0.192. The minimum absolute atomic E-state index is 0.192. The smallest absolute Gasteiger partial charge is 0.131 e. The van der Waals surface area contributed by atoms with Crippen molar-refractivity contribution in [3.63, 3.8) is 0 Å². The minimum Gasteiger partial charge on any atom is -0.310 e. The summed E-state index contributed by atoms with van der Waals surface area (Å²) in [6.45, 7) is 9.91. The van der Waals surface area contributed by atoms with Crippen LogP contribution in [0, 0.1) is 12.7 Å². The van der Waals surface area contributed by atoms with Crippen LogP contribution in [0.5, 0.6) is 0 Å². The number of rotatable bonds is 6. The van der Waals surface area contributed by atoms with Gasteiger partial charge in [-0.15, -0.1) is 0 Å². The Kier molecular flexibility index (Phi) is 5.12. The summed E-state index contributed by atoms with van der Waals surface area (Å²) < 4.78 is 16.1. The number of hydrogen-bond donors (Lipinski definition) is 1. The summed E-state index contributed by atoms with van der Waals surface area (Å²) in [5, 5.41) is 7.72. The Morgan fingerprint density at radius 1 is 1.29 bits per heavy atom. The van der Waals surface area contributed by atoms with Gasteiger partial charge in [-0.05, 0) is 31.0 Å². The highest BCUT2D eigenvalue weighted by Gasteiger charge is 2.13. The molecular formula is C17H24FN3. The van der Waals surface area contributed by atoms with E-state index in [-0.39, 0.29) is 5.82 Å². The number of nitrogens with zero attached hydrogens (tertiary/aromatic N) is 2. The molecule has 4 heteroatoms. The Hall–Kier alpha value is -1.68. The van der Waals surface area contributed by atoms with E-state index in [4.69, 9.17) is 0 Å². The molecule has 1 aromatic carbocycles. The lowest BCUT2D eigenvalue weighted by molar-refractivity contribution is 0.585. The van der Waals surface area contributed by atoms with Gasteiger partial charge >= 0.3 is 0 Å². The van der Waals surface area contributed by atoms with E-state index in [1.54, 1.807) is 12.3 Å². The molecule has 114 valence electrons. The molecule has 0 bridgehead atoms. The highest BCUT2D eigenvalue weighted by atomic mass is 19.1. The fourth-order valence-electron chi connectivity index (χ4n) is 2.36. The van der Waals surface area contributed by atoms with Crippen LogP contribution >= 0.6 is 0 Å². The first-order chi connectivity index (χ1) is 10.0. The summed E-state index contributed by atoms with van der Waals surface area (Å²) in [6, 6.07) is 5.71. The van der Waals surface area contributed by atoms with Crippen LogP contribution in [0.4, 0.5) is 4.39 Å². The summed E-state index contributed by atoms with van der Waals surface area (Å²) >= 11 is 0. The first-order valence-electron chi connectivity index (χ1n) is 7.57. The summed E-state index contributed by atoms with van der Waals surface area (Å²) in [6.07, 6.45) is 2.78. The van der Waals surface area contributed by atoms with Crippen molar-refractivity contribution in [1.82, 2.24) is 15.1 Å². The normalized spacial score (nSPS) is 11.3. The van der Waals surface area contributed by atoms with Gasteiger partial charge in [-0.25, -0.2) is 4.39 Å². The molecule has 0 amide bonds. The van der Waals surface area contributed by atoms with Crippen molar-refractivity contribution >= 4 is 0 Å². The SMILES string of the molecule is CCCn1ncc(-c2cc(CNC(C)C)ccc2F)c1C. The van der Waals surface area contributed by atoms with Gasteiger partial charge in [-0.1, -0.05) is 26.8 Å². The van der Waals surface area contributed by atoms with Gasteiger partial charge in [0, 0.05) is 36.0 Å². The van der Waals surface area contributed by atoms with E-state index in [1.807, 2.05) is 23.7 Å². The molecule has 0 saturated heterocycles. The van der Waals surface area contributed by atoms with Crippen LogP contribution in [-0.2, 0) is 13.1 Å². The van der Waals surface area contributed by atoms with Gasteiger partial charge in [0.05, 0.1) is 6.20 Å². The average molecular weight is 289 g/mol. The molecule has 0 aliphatic heterocycles. The van der Waals surface area contributed by atoms with E-state index in [2.05, 4.69) is 31.2 Å². The number of aryl methyl sites for hydroxylation is 1. The van der Waals surface area contributed by atoms with Gasteiger partial charge in [0.15, 0.2) is 0 Å². The zero-order valence-electron chi connectivity index (χ0n) is 13.3. The molecule has 21 heavy (non-hydrogen) atoms. The summed E-state index contributed by atoms with van der Waals surface area (Å²) in [4.78, 5) is 0. The van der Waals surface area contributed by atoms with E-state index in [0.29, 0.717) is 11.6 Å². The fraction of sp³-hybridized carbons (Fsp3) is 0.471. The Balaban J connectivity index is 2.32. The van der Waals surface area contributed by atoms with Crippen LogP contribution in [0.25, 0.3) is 11.1 Å². The molecule has 1 N–H and O–H groups in total. The molecule has 3 nitrogen and oxygen atoms in total. The second-order valence-corrected chi connectivity index (χ2v) is 5.72. The number of nitrogens with one attached hydrogen (secondary N) is 1. The fourth-order valence-corrected chi connectivity index (χ4v) is 2.36. The van der Waals surface area contributed by atoms with Crippen LogP contribution in [0.3, 0.4) is 0 Å². The maximum Gasteiger partial charge on any atom is 0.131 e. The zero-order valence-corrected chi connectivity index (χ0v) is 13.3. The molecule has 0 atom stereocenters. The summed E-state index contributed by atoms with van der Waals surface area (Å²) in [7, 11) is 0. The molecule has 0 radical (unpaired) electrons. The quantitative estimate of drug-likeness (QED) is 0.874. The number of halogens is 1. The molecule has 2 aromatic rings. The van der Waals surface area contributed by atoms with E-state index in [0.717, 1.165) is 36.3 Å². The van der Waals surface area contributed by atoms with Gasteiger partial charge in [0.25, 0.3) is 0 Å². The molecule has 1 aromatic heterocycles.